The third kappa shape index (κ3) is 2.21. The van der Waals surface area contributed by atoms with Crippen LogP contribution in [0.5, 0.6) is 0 Å². The molecule has 0 bridgehead atoms. The summed E-state index contributed by atoms with van der Waals surface area (Å²) in [4.78, 5) is 4.82. The molecule has 0 radical (unpaired) electrons. The monoisotopic (exact) mass is 339 g/mol. The lowest BCUT2D eigenvalue weighted by Gasteiger charge is -2.12. The number of benzene rings is 3. The van der Waals surface area contributed by atoms with E-state index < -0.39 is 0 Å². The van der Waals surface area contributed by atoms with Crippen LogP contribution in [0.15, 0.2) is 66.7 Å². The second-order valence-corrected chi connectivity index (χ2v) is 6.23. The van der Waals surface area contributed by atoms with Gasteiger partial charge >= 0.3 is 0 Å². The molecule has 1 N–H and O–H groups in total. The Morgan fingerprint density at radius 1 is 0.885 bits per heavy atom. The molecule has 0 aliphatic heterocycles. The van der Waals surface area contributed by atoms with E-state index in [1.165, 1.54) is 5.39 Å². The third-order valence-electron chi connectivity index (χ3n) is 4.66. The number of nitrogens with zero attached hydrogens (tertiary/aromatic N) is 4. The molecule has 0 spiro atoms. The van der Waals surface area contributed by atoms with Gasteiger partial charge in [-0.25, -0.2) is 4.98 Å². The van der Waals surface area contributed by atoms with Crippen LogP contribution >= 0.6 is 0 Å². The van der Waals surface area contributed by atoms with Crippen LogP contribution in [-0.2, 0) is 6.42 Å². The van der Waals surface area contributed by atoms with Crippen molar-refractivity contribution < 1.29 is 0 Å². The summed E-state index contributed by atoms with van der Waals surface area (Å²) in [6.45, 7) is 2.09. The topological polar surface area (TPSA) is 55.1 Å². The second-order valence-electron chi connectivity index (χ2n) is 6.23. The molecule has 2 heterocycles. The van der Waals surface area contributed by atoms with Gasteiger partial charge in [0.05, 0.1) is 11.0 Å². The number of anilines is 2. The average Bonchev–Trinajstić information content (AvgIpc) is 3.13. The van der Waals surface area contributed by atoms with Gasteiger partial charge in [-0.3, -0.25) is 4.40 Å². The fourth-order valence-corrected chi connectivity index (χ4v) is 3.42. The van der Waals surface area contributed by atoms with Crippen molar-refractivity contribution >= 4 is 39.0 Å². The molecule has 0 aliphatic rings. The Bertz CT molecular complexity index is 1250. The fraction of sp³-hybridized carbons (Fsp3) is 0.0952. The van der Waals surface area contributed by atoms with Gasteiger partial charge in [0.15, 0.2) is 5.82 Å². The van der Waals surface area contributed by atoms with Crippen molar-refractivity contribution in [2.75, 3.05) is 5.32 Å². The molecular weight excluding hydrogens is 322 g/mol. The number of aryl methyl sites for hydroxylation is 1. The van der Waals surface area contributed by atoms with Crippen LogP contribution in [0.3, 0.4) is 0 Å². The Labute approximate surface area is 150 Å². The van der Waals surface area contributed by atoms with E-state index in [4.69, 9.17) is 4.98 Å². The van der Waals surface area contributed by atoms with E-state index in [1.807, 2.05) is 36.4 Å². The lowest BCUT2D eigenvalue weighted by atomic mass is 10.1. The van der Waals surface area contributed by atoms with Gasteiger partial charge in [0.2, 0.25) is 5.65 Å². The highest BCUT2D eigenvalue weighted by Crippen LogP contribution is 2.29. The maximum atomic E-state index is 4.82. The fourth-order valence-electron chi connectivity index (χ4n) is 3.42. The molecule has 0 saturated carbocycles. The third-order valence-corrected chi connectivity index (χ3v) is 4.66. The lowest BCUT2D eigenvalue weighted by molar-refractivity contribution is 0.922. The molecule has 3 aromatic carbocycles. The van der Waals surface area contributed by atoms with Gasteiger partial charge in [-0.1, -0.05) is 55.5 Å². The molecule has 0 unspecified atom stereocenters. The normalized spacial score (nSPS) is 11.4. The first kappa shape index (κ1) is 14.8. The molecule has 5 aromatic rings. The largest absolute Gasteiger partial charge is 0.337 e. The van der Waals surface area contributed by atoms with Crippen molar-refractivity contribution in [3.63, 3.8) is 0 Å². The quantitative estimate of drug-likeness (QED) is 0.516. The van der Waals surface area contributed by atoms with Gasteiger partial charge in [0.1, 0.15) is 5.82 Å². The molecule has 26 heavy (non-hydrogen) atoms. The van der Waals surface area contributed by atoms with Crippen LogP contribution in [0, 0.1) is 0 Å². The van der Waals surface area contributed by atoms with Crippen molar-refractivity contribution in [3.8, 4) is 0 Å². The molecule has 5 nitrogen and oxygen atoms in total. The Hall–Kier alpha value is -3.47. The van der Waals surface area contributed by atoms with E-state index in [0.717, 1.165) is 40.0 Å². The number of fused-ring (bicyclic) bond motifs is 4. The van der Waals surface area contributed by atoms with Crippen molar-refractivity contribution in [2.45, 2.75) is 13.3 Å². The molecule has 2 aromatic heterocycles. The van der Waals surface area contributed by atoms with Crippen molar-refractivity contribution in [1.29, 1.82) is 0 Å². The summed E-state index contributed by atoms with van der Waals surface area (Å²) in [5, 5.41) is 14.6. The van der Waals surface area contributed by atoms with Crippen LogP contribution in [0.2, 0.25) is 0 Å². The Morgan fingerprint density at radius 2 is 1.69 bits per heavy atom. The zero-order valence-corrected chi connectivity index (χ0v) is 14.3. The average molecular weight is 339 g/mol. The summed E-state index contributed by atoms with van der Waals surface area (Å²) >= 11 is 0. The number of aromatic nitrogens is 4. The Kier molecular flexibility index (Phi) is 3.31. The summed E-state index contributed by atoms with van der Waals surface area (Å²) in [6.07, 6.45) is 0.808. The highest BCUT2D eigenvalue weighted by atomic mass is 15.3. The van der Waals surface area contributed by atoms with Crippen LogP contribution in [-0.4, -0.2) is 19.6 Å². The highest BCUT2D eigenvalue weighted by molar-refractivity contribution is 5.96. The van der Waals surface area contributed by atoms with E-state index in [9.17, 15) is 0 Å². The predicted octanol–water partition coefficient (Wildman–Crippen LogP) is 4.74. The number of para-hydroxylation sites is 2. The molecular formula is C21H17N5. The summed E-state index contributed by atoms with van der Waals surface area (Å²) in [5.41, 5.74) is 3.69. The molecule has 0 fully saturated rings. The zero-order chi connectivity index (χ0) is 17.5. The van der Waals surface area contributed by atoms with Crippen LogP contribution < -0.4 is 5.32 Å². The van der Waals surface area contributed by atoms with Crippen molar-refractivity contribution in [3.05, 3.63) is 72.6 Å². The van der Waals surface area contributed by atoms with Crippen molar-refractivity contribution in [2.24, 2.45) is 0 Å². The second kappa shape index (κ2) is 5.81. The molecule has 0 aliphatic carbocycles. The van der Waals surface area contributed by atoms with E-state index in [2.05, 4.69) is 57.2 Å². The number of hydrogen-bond acceptors (Lipinski definition) is 4. The van der Waals surface area contributed by atoms with E-state index >= 15 is 0 Å². The first-order chi connectivity index (χ1) is 12.8. The summed E-state index contributed by atoms with van der Waals surface area (Å²) in [7, 11) is 0. The molecule has 0 atom stereocenters. The minimum absolute atomic E-state index is 0.715. The maximum absolute atomic E-state index is 4.82. The molecule has 5 heteroatoms. The minimum atomic E-state index is 0.715. The highest BCUT2D eigenvalue weighted by Gasteiger charge is 2.14. The molecule has 126 valence electrons. The van der Waals surface area contributed by atoms with Crippen molar-refractivity contribution in [1.82, 2.24) is 19.6 Å². The number of nitrogens with one attached hydrogen (secondary N) is 1. The van der Waals surface area contributed by atoms with Crippen LogP contribution in [0.4, 0.5) is 11.5 Å². The summed E-state index contributed by atoms with van der Waals surface area (Å²) in [5.74, 6) is 1.65. The van der Waals surface area contributed by atoms with Gasteiger partial charge in [-0.2, -0.15) is 0 Å². The number of hydrogen-bond donors (Lipinski definition) is 1. The van der Waals surface area contributed by atoms with Gasteiger partial charge < -0.3 is 5.32 Å². The first-order valence-corrected chi connectivity index (χ1v) is 8.72. The SMILES string of the molecule is CCc1nnc2c(Nc3cccc4ccccc34)nc3ccccc3n12. The van der Waals surface area contributed by atoms with Gasteiger partial charge in [-0.05, 0) is 23.6 Å². The zero-order valence-electron chi connectivity index (χ0n) is 14.3. The predicted molar refractivity (Wildman–Crippen MR) is 105 cm³/mol. The Morgan fingerprint density at radius 3 is 2.62 bits per heavy atom. The Balaban J connectivity index is 1.77. The van der Waals surface area contributed by atoms with Crippen LogP contribution in [0.1, 0.15) is 12.7 Å². The lowest BCUT2D eigenvalue weighted by Crippen LogP contribution is -2.02. The molecule has 0 amide bonds. The molecule has 5 rings (SSSR count). The van der Waals surface area contributed by atoms with E-state index in [0.29, 0.717) is 5.82 Å². The van der Waals surface area contributed by atoms with Gasteiger partial charge in [-0.15, -0.1) is 10.2 Å². The maximum Gasteiger partial charge on any atom is 0.204 e. The smallest absolute Gasteiger partial charge is 0.204 e. The van der Waals surface area contributed by atoms with E-state index in [-0.39, 0.29) is 0 Å². The standard InChI is InChI=1S/C21H17N5/c1-2-19-24-25-21-20(23-17-11-5-6-13-18(17)26(19)21)22-16-12-7-9-14-8-3-4-10-15(14)16/h3-13H,2H2,1H3,(H,22,23). The first-order valence-electron chi connectivity index (χ1n) is 8.72. The molecule has 0 saturated heterocycles. The van der Waals surface area contributed by atoms with Gasteiger partial charge in [0.25, 0.3) is 0 Å². The minimum Gasteiger partial charge on any atom is -0.337 e. The summed E-state index contributed by atoms with van der Waals surface area (Å²) in [6, 6.07) is 22.6. The summed E-state index contributed by atoms with van der Waals surface area (Å²) < 4.78 is 2.09. The van der Waals surface area contributed by atoms with Gasteiger partial charge in [0, 0.05) is 17.5 Å². The number of rotatable bonds is 3. The van der Waals surface area contributed by atoms with Crippen LogP contribution in [0.25, 0.3) is 27.5 Å². The van der Waals surface area contributed by atoms with E-state index in [1.54, 1.807) is 0 Å².